The molecular formula is C58H112N16O11. The van der Waals surface area contributed by atoms with Crippen LogP contribution in [0.25, 0.3) is 0 Å². The van der Waals surface area contributed by atoms with Crippen molar-refractivity contribution < 1.29 is 53.1 Å². The van der Waals surface area contributed by atoms with Crippen molar-refractivity contribution in [3.8, 4) is 0 Å². The molecule has 0 aromatic heterocycles. The lowest BCUT2D eigenvalue weighted by Gasteiger charge is -2.30. The minimum Gasteiger partial charge on any atom is -0.391 e. The van der Waals surface area contributed by atoms with Crippen LogP contribution >= 0.6 is 0 Å². The van der Waals surface area contributed by atoms with Crippen LogP contribution in [0.4, 0.5) is 0 Å². The Balaban J connectivity index is 7.03. The number of rotatable bonds is 46. The summed E-state index contributed by atoms with van der Waals surface area (Å²) in [5.74, 6) is -8.20. The first-order chi connectivity index (χ1) is 39.9. The SMILES string of the molecule is CCCCNCC(=O)N[C@@H](CC(C)C)C(=O)N[C@@H](CC(C)C)C(=O)N[C@@H](CCCCN)C(=O)N[C@@H](CCCN=C(N)N)C(=O)N[C@H](C(=O)N[C@@H](CCCCN)C(=O)N[C@H](C(=O)N[C@@H](CC(C)C)C(=O)N[C@@H](CC(C)C)C(N)=O)[C@@H](C)O)[C@@H](C)CC. The predicted molar refractivity (Wildman–Crippen MR) is 329 cm³/mol. The van der Waals surface area contributed by atoms with Crippen LogP contribution in [0.5, 0.6) is 0 Å². The van der Waals surface area contributed by atoms with Crippen molar-refractivity contribution >= 4 is 65.0 Å². The van der Waals surface area contributed by atoms with Crippen molar-refractivity contribution in [2.75, 3.05) is 32.7 Å². The van der Waals surface area contributed by atoms with Gasteiger partial charge in [-0.2, -0.15) is 0 Å². The first kappa shape index (κ1) is 78.8. The lowest BCUT2D eigenvalue weighted by atomic mass is 9.96. The van der Waals surface area contributed by atoms with Crippen LogP contribution in [0.2, 0.25) is 0 Å². The largest absolute Gasteiger partial charge is 0.391 e. The molecule has 0 radical (unpaired) electrons. The molecule has 85 heavy (non-hydrogen) atoms. The van der Waals surface area contributed by atoms with E-state index in [1.54, 1.807) is 13.8 Å². The summed E-state index contributed by atoms with van der Waals surface area (Å²) < 4.78 is 0. The van der Waals surface area contributed by atoms with Crippen LogP contribution in [0.3, 0.4) is 0 Å². The Morgan fingerprint density at radius 2 is 0.776 bits per heavy atom. The molecule has 11 atom stereocenters. The standard InChI is InChI=1S/C58H112N16O11/c1-13-15-26-64-32-46(76)66-43(29-34(5)6)53(81)71-44(30-35(7)8)54(82)68-39(21-16-18-24-59)50(78)67-41(23-20-27-65-58(62)63)51(79)73-47(37(11)14-2)56(84)69-40(22-17-19-25-60)52(80)74-48(38(12)75)57(85)72-45(31-36(9)10)55(83)70-42(49(61)77)28-33(3)4/h33-45,47-48,64,75H,13-32,59-60H2,1-12H3,(H2,61,77)(H,66,76)(H,67,78)(H,68,82)(H,69,84)(H,70,83)(H,71,81)(H,72,85)(H,73,79)(H,74,80)(H4,62,63,65)/t37-,38+,39-,40-,41-,42-,43-,44-,45-,47-,48-/m0/s1. The number of aliphatic imine (C=N–C) groups is 1. The van der Waals surface area contributed by atoms with E-state index in [1.807, 2.05) is 62.3 Å². The van der Waals surface area contributed by atoms with Crippen LogP contribution in [0.1, 0.15) is 179 Å². The van der Waals surface area contributed by atoms with Gasteiger partial charge in [-0.3, -0.25) is 52.9 Å². The van der Waals surface area contributed by atoms with E-state index in [-0.39, 0.29) is 107 Å². The number of nitrogens with one attached hydrogen (secondary N) is 10. The molecule has 0 saturated heterocycles. The molecule has 0 heterocycles. The zero-order valence-corrected chi connectivity index (χ0v) is 53.2. The fourth-order valence-corrected chi connectivity index (χ4v) is 9.10. The van der Waals surface area contributed by atoms with Gasteiger partial charge in [0.15, 0.2) is 5.96 Å². The summed E-state index contributed by atoms with van der Waals surface area (Å²) >= 11 is 0. The van der Waals surface area contributed by atoms with Gasteiger partial charge in [0.05, 0.1) is 12.6 Å². The summed E-state index contributed by atoms with van der Waals surface area (Å²) in [6.45, 7) is 22.9. The molecule has 0 aliphatic rings. The first-order valence-corrected chi connectivity index (χ1v) is 30.8. The average Bonchev–Trinajstić information content (AvgIpc) is 3.62. The highest BCUT2D eigenvalue weighted by molar-refractivity contribution is 5.98. The fourth-order valence-electron chi connectivity index (χ4n) is 9.10. The second-order valence-corrected chi connectivity index (χ2v) is 24.1. The molecule has 0 aliphatic heterocycles. The maximum absolute atomic E-state index is 14.6. The molecule has 0 rings (SSSR count). The number of primary amides is 1. The molecule has 10 amide bonds. The highest BCUT2D eigenvalue weighted by Crippen LogP contribution is 2.15. The van der Waals surface area contributed by atoms with Gasteiger partial charge in [-0.15, -0.1) is 0 Å². The van der Waals surface area contributed by atoms with Gasteiger partial charge >= 0.3 is 0 Å². The van der Waals surface area contributed by atoms with Crippen molar-refractivity contribution in [3.05, 3.63) is 0 Å². The number of guanidine groups is 1. The number of hydrogen-bond acceptors (Lipinski definition) is 15. The summed E-state index contributed by atoms with van der Waals surface area (Å²) in [6.07, 6.45) is 3.36. The van der Waals surface area contributed by atoms with Crippen molar-refractivity contribution in [1.29, 1.82) is 0 Å². The molecule has 27 nitrogen and oxygen atoms in total. The number of nitrogens with zero attached hydrogens (tertiary/aromatic N) is 1. The van der Waals surface area contributed by atoms with E-state index in [9.17, 15) is 53.1 Å². The third kappa shape index (κ3) is 33.9. The molecule has 21 N–H and O–H groups in total. The van der Waals surface area contributed by atoms with Crippen molar-refractivity contribution in [1.82, 2.24) is 53.2 Å². The molecule has 27 heteroatoms. The highest BCUT2D eigenvalue weighted by atomic mass is 16.3. The van der Waals surface area contributed by atoms with Crippen molar-refractivity contribution in [2.24, 2.45) is 63.3 Å². The van der Waals surface area contributed by atoms with Crippen LogP contribution in [0.15, 0.2) is 4.99 Å². The summed E-state index contributed by atoms with van der Waals surface area (Å²) in [4.78, 5) is 143. The van der Waals surface area contributed by atoms with Gasteiger partial charge in [-0.05, 0) is 140 Å². The Labute approximate surface area is 505 Å². The number of hydrogen-bond donors (Lipinski definition) is 16. The van der Waals surface area contributed by atoms with Gasteiger partial charge in [0, 0.05) is 6.54 Å². The highest BCUT2D eigenvalue weighted by Gasteiger charge is 2.37. The Kier molecular flexibility index (Phi) is 40.3. The number of aliphatic hydroxyl groups excluding tert-OH is 1. The number of amides is 10. The van der Waals surface area contributed by atoms with Crippen molar-refractivity contribution in [2.45, 2.75) is 240 Å². The van der Waals surface area contributed by atoms with E-state index in [1.165, 1.54) is 6.92 Å². The molecule has 0 spiro atoms. The molecule has 490 valence electrons. The van der Waals surface area contributed by atoms with Crippen LogP contribution in [0, 0.1) is 29.6 Å². The summed E-state index contributed by atoms with van der Waals surface area (Å²) in [6, 6.07) is -11.2. The van der Waals surface area contributed by atoms with E-state index in [0.29, 0.717) is 45.1 Å². The minimum atomic E-state index is -1.63. The second-order valence-electron chi connectivity index (χ2n) is 24.1. The number of nitrogens with two attached hydrogens (primary N) is 5. The minimum absolute atomic E-state index is 0.00167. The maximum atomic E-state index is 14.6. The van der Waals surface area contributed by atoms with Crippen LogP contribution in [-0.4, -0.2) is 163 Å². The molecule has 0 aromatic rings. The normalized spacial score (nSPS) is 15.3. The number of carbonyl (C=O) groups excluding carboxylic acids is 10. The molecule has 0 aromatic carbocycles. The third-order valence-electron chi connectivity index (χ3n) is 14.0. The zero-order valence-electron chi connectivity index (χ0n) is 53.2. The van der Waals surface area contributed by atoms with Gasteiger partial charge in [-0.25, -0.2) is 0 Å². The van der Waals surface area contributed by atoms with E-state index in [4.69, 9.17) is 28.7 Å². The molecule has 0 fully saturated rings. The maximum Gasteiger partial charge on any atom is 0.245 e. The van der Waals surface area contributed by atoms with Gasteiger partial charge < -0.3 is 86.9 Å². The van der Waals surface area contributed by atoms with E-state index >= 15 is 0 Å². The van der Waals surface area contributed by atoms with Crippen LogP contribution < -0.4 is 81.8 Å². The Bertz CT molecular complexity index is 2090. The molecule has 0 unspecified atom stereocenters. The van der Waals surface area contributed by atoms with Crippen LogP contribution in [-0.2, 0) is 47.9 Å². The Morgan fingerprint density at radius 3 is 1.18 bits per heavy atom. The zero-order chi connectivity index (χ0) is 64.9. The molecule has 0 aliphatic carbocycles. The number of carbonyl (C=O) groups is 10. The summed E-state index contributed by atoms with van der Waals surface area (Å²) in [5.41, 5.74) is 28.4. The lowest BCUT2D eigenvalue weighted by molar-refractivity contribution is -0.137. The molecular weight excluding hydrogens is 1100 g/mol. The van der Waals surface area contributed by atoms with E-state index < -0.39 is 120 Å². The third-order valence-corrected chi connectivity index (χ3v) is 14.0. The number of aliphatic hydroxyl groups is 1. The van der Waals surface area contributed by atoms with Gasteiger partial charge in [0.25, 0.3) is 0 Å². The Hall–Kier alpha value is -6.19. The van der Waals surface area contributed by atoms with Gasteiger partial charge in [0.2, 0.25) is 59.1 Å². The first-order valence-electron chi connectivity index (χ1n) is 30.8. The fraction of sp³-hybridized carbons (Fsp3) is 0.810. The Morgan fingerprint density at radius 1 is 0.424 bits per heavy atom. The molecule has 0 saturated carbocycles. The second kappa shape index (κ2) is 43.4. The van der Waals surface area contributed by atoms with E-state index in [0.717, 1.165) is 12.8 Å². The smallest absolute Gasteiger partial charge is 0.245 e. The lowest BCUT2D eigenvalue weighted by Crippen LogP contribution is -2.62. The van der Waals surface area contributed by atoms with E-state index in [2.05, 4.69) is 58.2 Å². The number of unbranched alkanes of at least 4 members (excludes halogenated alkanes) is 3. The predicted octanol–water partition coefficient (Wildman–Crippen LogP) is -0.853. The quantitative estimate of drug-likeness (QED) is 0.0200. The monoisotopic (exact) mass is 1210 g/mol. The average molecular weight is 1210 g/mol. The summed E-state index contributed by atoms with van der Waals surface area (Å²) in [5, 5.41) is 38.4. The van der Waals surface area contributed by atoms with Gasteiger partial charge in [-0.1, -0.05) is 89.0 Å². The topological polar surface area (TPSA) is 454 Å². The van der Waals surface area contributed by atoms with Crippen molar-refractivity contribution in [3.63, 3.8) is 0 Å². The molecule has 0 bridgehead atoms. The van der Waals surface area contributed by atoms with Gasteiger partial charge in [0.1, 0.15) is 54.4 Å². The summed E-state index contributed by atoms with van der Waals surface area (Å²) in [7, 11) is 0.